The Morgan fingerprint density at radius 3 is 2.70 bits per heavy atom. The molecule has 0 radical (unpaired) electrons. The summed E-state index contributed by atoms with van der Waals surface area (Å²) in [6, 6.07) is 9.80. The molecule has 3 heterocycles. The van der Waals surface area contributed by atoms with E-state index in [1.807, 2.05) is 0 Å². The van der Waals surface area contributed by atoms with Crippen molar-refractivity contribution in [2.24, 2.45) is 0 Å². The van der Waals surface area contributed by atoms with Crippen molar-refractivity contribution in [3.8, 4) is 0 Å². The number of hydrogen-bond acceptors (Lipinski definition) is 5. The van der Waals surface area contributed by atoms with Gasteiger partial charge in [-0.2, -0.15) is 0 Å². The molecule has 140 valence electrons. The predicted molar refractivity (Wildman–Crippen MR) is 103 cm³/mol. The lowest BCUT2D eigenvalue weighted by atomic mass is 9.95. The molecule has 1 N–H and O–H groups in total. The number of Topliss-reactive ketones (excluding diaryl/α,β-unsaturated/α-hetero) is 1. The minimum atomic E-state index is -0.659. The molecule has 2 aliphatic heterocycles. The molecular formula is C20H18ClNO4S. The number of halogens is 1. The molecule has 4 rings (SSSR count). The van der Waals surface area contributed by atoms with Crippen molar-refractivity contribution in [1.29, 1.82) is 0 Å². The molecule has 2 aliphatic rings. The Morgan fingerprint density at radius 1 is 1.30 bits per heavy atom. The average Bonchev–Trinajstić information content (AvgIpc) is 3.41. The van der Waals surface area contributed by atoms with Crippen LogP contribution in [0, 0.1) is 0 Å². The highest BCUT2D eigenvalue weighted by atomic mass is 35.5. The van der Waals surface area contributed by atoms with E-state index < -0.39 is 17.7 Å². The Balaban J connectivity index is 1.75. The summed E-state index contributed by atoms with van der Waals surface area (Å²) in [7, 11) is 0. The molecule has 2 unspecified atom stereocenters. The molecule has 1 aromatic heterocycles. The van der Waals surface area contributed by atoms with Crippen molar-refractivity contribution in [1.82, 2.24) is 4.90 Å². The molecule has 5 nitrogen and oxygen atoms in total. The van der Waals surface area contributed by atoms with Crippen LogP contribution < -0.4 is 0 Å². The zero-order chi connectivity index (χ0) is 19.0. The molecule has 1 fully saturated rings. The topological polar surface area (TPSA) is 66.8 Å². The number of thiophene rings is 1. The first-order valence-corrected chi connectivity index (χ1v) is 10.0. The van der Waals surface area contributed by atoms with Gasteiger partial charge in [-0.1, -0.05) is 29.8 Å². The van der Waals surface area contributed by atoms with E-state index in [9.17, 15) is 14.7 Å². The maximum absolute atomic E-state index is 13.1. The fraction of sp³-hybridized carbons (Fsp3) is 0.300. The van der Waals surface area contributed by atoms with Crippen molar-refractivity contribution in [2.45, 2.75) is 25.0 Å². The second kappa shape index (κ2) is 7.46. The van der Waals surface area contributed by atoms with Crippen molar-refractivity contribution >= 4 is 34.6 Å². The van der Waals surface area contributed by atoms with Crippen LogP contribution in [0.25, 0.3) is 0 Å². The summed E-state index contributed by atoms with van der Waals surface area (Å²) in [5, 5.41) is 12.9. The molecule has 1 aromatic carbocycles. The zero-order valence-corrected chi connectivity index (χ0v) is 16.0. The van der Waals surface area contributed by atoms with E-state index in [0.29, 0.717) is 23.1 Å². The number of ether oxygens (including phenoxy) is 1. The van der Waals surface area contributed by atoms with Crippen molar-refractivity contribution < 1.29 is 19.4 Å². The number of nitrogens with zero attached hydrogens (tertiary/aromatic N) is 1. The fourth-order valence-electron chi connectivity index (χ4n) is 3.61. The maximum atomic E-state index is 13.1. The third-order valence-corrected chi connectivity index (χ3v) is 6.02. The molecule has 1 amide bonds. The number of ketones is 1. The Bertz CT molecular complexity index is 885. The van der Waals surface area contributed by atoms with Crippen LogP contribution in [-0.2, 0) is 9.53 Å². The molecule has 0 aliphatic carbocycles. The van der Waals surface area contributed by atoms with Gasteiger partial charge < -0.3 is 14.7 Å². The highest BCUT2D eigenvalue weighted by Gasteiger charge is 2.44. The van der Waals surface area contributed by atoms with Gasteiger partial charge in [-0.05, 0) is 42.0 Å². The molecular weight excluding hydrogens is 386 g/mol. The van der Waals surface area contributed by atoms with Crippen molar-refractivity contribution in [3.63, 3.8) is 0 Å². The largest absolute Gasteiger partial charge is 0.503 e. The smallest absolute Gasteiger partial charge is 0.290 e. The van der Waals surface area contributed by atoms with Crippen LogP contribution in [0.3, 0.4) is 0 Å². The quantitative estimate of drug-likeness (QED) is 0.761. The van der Waals surface area contributed by atoms with E-state index in [2.05, 4.69) is 0 Å². The monoisotopic (exact) mass is 403 g/mol. The Labute approximate surface area is 165 Å². The highest BCUT2D eigenvalue weighted by molar-refractivity contribution is 7.12. The Hall–Kier alpha value is -2.15. The lowest BCUT2D eigenvalue weighted by molar-refractivity contribution is -0.131. The van der Waals surface area contributed by atoms with Gasteiger partial charge >= 0.3 is 0 Å². The summed E-state index contributed by atoms with van der Waals surface area (Å²) < 4.78 is 5.67. The van der Waals surface area contributed by atoms with Crippen LogP contribution in [0.5, 0.6) is 0 Å². The summed E-state index contributed by atoms with van der Waals surface area (Å²) in [5.41, 5.74) is 0.845. The fourth-order valence-corrected chi connectivity index (χ4v) is 4.42. The van der Waals surface area contributed by atoms with Gasteiger partial charge in [0.05, 0.1) is 22.6 Å². The summed E-state index contributed by atoms with van der Waals surface area (Å²) >= 11 is 7.29. The Kier molecular flexibility index (Phi) is 5.04. The molecule has 0 saturated carbocycles. The number of carbonyl (C=O) groups is 2. The van der Waals surface area contributed by atoms with Crippen LogP contribution in [0.4, 0.5) is 0 Å². The number of hydrogen-bond donors (Lipinski definition) is 1. The number of carbonyl (C=O) groups excluding carboxylic acids is 2. The first-order valence-electron chi connectivity index (χ1n) is 8.75. The molecule has 2 atom stereocenters. The van der Waals surface area contributed by atoms with E-state index in [-0.39, 0.29) is 17.5 Å². The van der Waals surface area contributed by atoms with Crippen molar-refractivity contribution in [3.05, 3.63) is 68.6 Å². The molecule has 2 aromatic rings. The number of benzene rings is 1. The molecule has 1 saturated heterocycles. The Morgan fingerprint density at radius 2 is 2.07 bits per heavy atom. The average molecular weight is 404 g/mol. The first kappa shape index (κ1) is 18.2. The third kappa shape index (κ3) is 3.40. The van der Waals surface area contributed by atoms with E-state index in [4.69, 9.17) is 16.3 Å². The lowest BCUT2D eigenvalue weighted by Gasteiger charge is -2.28. The van der Waals surface area contributed by atoms with Gasteiger partial charge in [0.2, 0.25) is 5.78 Å². The SMILES string of the molecule is O=C(C1=C(O)C(=O)N(CC2CCCO2)C1c1ccc(Cl)cc1)c1cccs1. The summed E-state index contributed by atoms with van der Waals surface area (Å²) in [4.78, 5) is 27.9. The standard InChI is InChI=1S/C20H18ClNO4S/c21-13-7-5-12(6-8-13)17-16(18(23)15-4-2-10-27-15)19(24)20(25)22(17)11-14-3-1-9-26-14/h2,4-8,10,14,17,24H,1,3,9,11H2. The second-order valence-corrected chi connectivity index (χ2v) is 8.00. The summed E-state index contributed by atoms with van der Waals surface area (Å²) in [6.45, 7) is 0.996. The molecule has 0 bridgehead atoms. The van der Waals surface area contributed by atoms with Gasteiger partial charge in [0.15, 0.2) is 5.76 Å². The predicted octanol–water partition coefficient (Wildman–Crippen LogP) is 4.16. The van der Waals surface area contributed by atoms with Gasteiger partial charge in [0.1, 0.15) is 0 Å². The van der Waals surface area contributed by atoms with Crippen LogP contribution in [0.1, 0.15) is 34.1 Å². The molecule has 0 spiro atoms. The van der Waals surface area contributed by atoms with Gasteiger partial charge in [0.25, 0.3) is 5.91 Å². The third-order valence-electron chi connectivity index (χ3n) is 4.90. The normalized spacial score (nSPS) is 22.7. The highest BCUT2D eigenvalue weighted by Crippen LogP contribution is 2.40. The molecule has 27 heavy (non-hydrogen) atoms. The van der Waals surface area contributed by atoms with E-state index >= 15 is 0 Å². The van der Waals surface area contributed by atoms with Gasteiger partial charge in [-0.15, -0.1) is 11.3 Å². The van der Waals surface area contributed by atoms with E-state index in [1.54, 1.807) is 41.8 Å². The molecule has 7 heteroatoms. The minimum absolute atomic E-state index is 0.0901. The van der Waals surface area contributed by atoms with Crippen LogP contribution in [0.15, 0.2) is 53.1 Å². The van der Waals surface area contributed by atoms with E-state index in [0.717, 1.165) is 18.4 Å². The van der Waals surface area contributed by atoms with Crippen molar-refractivity contribution in [2.75, 3.05) is 13.2 Å². The summed E-state index contributed by atoms with van der Waals surface area (Å²) in [6.07, 6.45) is 1.71. The first-order chi connectivity index (χ1) is 13.1. The minimum Gasteiger partial charge on any atom is -0.503 e. The maximum Gasteiger partial charge on any atom is 0.290 e. The number of aliphatic hydroxyl groups excluding tert-OH is 1. The summed E-state index contributed by atoms with van der Waals surface area (Å²) in [5.74, 6) is -1.35. The van der Waals surface area contributed by atoms with E-state index in [1.165, 1.54) is 16.2 Å². The lowest BCUT2D eigenvalue weighted by Crippen LogP contribution is -2.37. The van der Waals surface area contributed by atoms with Crippen LogP contribution in [-0.4, -0.2) is 41.0 Å². The second-order valence-electron chi connectivity index (χ2n) is 6.62. The van der Waals surface area contributed by atoms with Crippen LogP contribution in [0.2, 0.25) is 5.02 Å². The van der Waals surface area contributed by atoms with Gasteiger partial charge in [0, 0.05) is 18.2 Å². The van der Waals surface area contributed by atoms with Gasteiger partial charge in [-0.3, -0.25) is 9.59 Å². The van der Waals surface area contributed by atoms with Gasteiger partial charge in [-0.25, -0.2) is 0 Å². The number of aliphatic hydroxyl groups is 1. The zero-order valence-electron chi connectivity index (χ0n) is 14.4. The number of amides is 1. The van der Waals surface area contributed by atoms with Crippen LogP contribution >= 0.6 is 22.9 Å². The number of rotatable bonds is 5.